The van der Waals surface area contributed by atoms with Gasteiger partial charge in [0.25, 0.3) is 0 Å². The molecule has 1 aliphatic carbocycles. The quantitative estimate of drug-likeness (QED) is 0.836. The molecule has 8 nitrogen and oxygen atoms in total. The molecule has 1 unspecified atom stereocenters. The summed E-state index contributed by atoms with van der Waals surface area (Å²) in [6, 6.07) is 1.36. The third kappa shape index (κ3) is 4.20. The van der Waals surface area contributed by atoms with Crippen molar-refractivity contribution in [2.24, 2.45) is 5.92 Å². The van der Waals surface area contributed by atoms with Crippen molar-refractivity contribution in [3.63, 3.8) is 0 Å². The number of urea groups is 1. The molecule has 0 aromatic carbocycles. The highest BCUT2D eigenvalue weighted by atomic mass is 32.2. The van der Waals surface area contributed by atoms with E-state index in [1.54, 1.807) is 21.8 Å². The van der Waals surface area contributed by atoms with Crippen LogP contribution in [0.5, 0.6) is 0 Å². The number of ether oxygens (including phenoxy) is 1. The molecule has 144 valence electrons. The van der Waals surface area contributed by atoms with E-state index in [9.17, 15) is 13.2 Å². The first-order valence-corrected chi connectivity index (χ1v) is 11.2. The van der Waals surface area contributed by atoms with E-state index in [0.29, 0.717) is 25.3 Å². The van der Waals surface area contributed by atoms with Gasteiger partial charge in [0.1, 0.15) is 5.82 Å². The molecular formula is C17H26N4O4S. The second-order valence-corrected chi connectivity index (χ2v) is 9.84. The fraction of sp³-hybridized carbons (Fsp3) is 0.765. The van der Waals surface area contributed by atoms with Crippen LogP contribution in [0, 0.1) is 5.92 Å². The summed E-state index contributed by atoms with van der Waals surface area (Å²) >= 11 is 0. The Bertz CT molecular complexity index is 751. The number of piperidine rings is 1. The van der Waals surface area contributed by atoms with Gasteiger partial charge in [-0.05, 0) is 38.0 Å². The van der Waals surface area contributed by atoms with Gasteiger partial charge in [-0.2, -0.15) is 5.10 Å². The van der Waals surface area contributed by atoms with E-state index in [1.807, 2.05) is 0 Å². The first-order chi connectivity index (χ1) is 12.5. The van der Waals surface area contributed by atoms with Crippen LogP contribution in [-0.4, -0.2) is 66.4 Å². The van der Waals surface area contributed by atoms with Gasteiger partial charge in [-0.15, -0.1) is 0 Å². The minimum absolute atomic E-state index is 0.0846. The standard InChI is InChI=1S/C17H26N4O4S/c22-17(20-8-4-15(5-9-20)25-11-13-1-2-13)19-16-3-7-18-21(16)14-6-10-26(23,24)12-14/h3,7,13-15H,1-2,4-6,8-12H2,(H,19,22). The summed E-state index contributed by atoms with van der Waals surface area (Å²) < 4.78 is 30.9. The van der Waals surface area contributed by atoms with Gasteiger partial charge in [0.05, 0.1) is 29.8 Å². The summed E-state index contributed by atoms with van der Waals surface area (Å²) in [6.45, 7) is 2.21. The van der Waals surface area contributed by atoms with Crippen LogP contribution in [0.3, 0.4) is 0 Å². The number of aromatic nitrogens is 2. The molecular weight excluding hydrogens is 356 g/mol. The summed E-state index contributed by atoms with van der Waals surface area (Å²) in [7, 11) is -3.00. The molecule has 1 N–H and O–H groups in total. The summed E-state index contributed by atoms with van der Waals surface area (Å²) in [5, 5.41) is 7.11. The van der Waals surface area contributed by atoms with Gasteiger partial charge < -0.3 is 9.64 Å². The molecule has 4 rings (SSSR count). The predicted molar refractivity (Wildman–Crippen MR) is 96.8 cm³/mol. The third-order valence-corrected chi connectivity index (χ3v) is 7.20. The molecule has 3 fully saturated rings. The molecule has 0 radical (unpaired) electrons. The molecule has 0 bridgehead atoms. The Balaban J connectivity index is 1.29. The lowest BCUT2D eigenvalue weighted by Gasteiger charge is -2.32. The van der Waals surface area contributed by atoms with Crippen molar-refractivity contribution in [3.8, 4) is 0 Å². The Morgan fingerprint density at radius 2 is 2.00 bits per heavy atom. The second kappa shape index (κ2) is 7.19. The zero-order valence-electron chi connectivity index (χ0n) is 14.8. The Morgan fingerprint density at radius 1 is 1.23 bits per heavy atom. The first kappa shape index (κ1) is 17.8. The van der Waals surface area contributed by atoms with E-state index in [0.717, 1.165) is 25.4 Å². The third-order valence-electron chi connectivity index (χ3n) is 5.45. The molecule has 1 saturated carbocycles. The molecule has 2 amide bonds. The van der Waals surface area contributed by atoms with Crippen molar-refractivity contribution in [1.82, 2.24) is 14.7 Å². The molecule has 1 aromatic rings. The zero-order valence-corrected chi connectivity index (χ0v) is 15.7. The van der Waals surface area contributed by atoms with Crippen LogP contribution in [0.25, 0.3) is 0 Å². The number of hydrogen-bond acceptors (Lipinski definition) is 5. The molecule has 3 aliphatic rings. The number of hydrogen-bond donors (Lipinski definition) is 1. The van der Waals surface area contributed by atoms with E-state index < -0.39 is 9.84 Å². The molecule has 3 heterocycles. The van der Waals surface area contributed by atoms with Crippen molar-refractivity contribution in [2.45, 2.75) is 44.2 Å². The first-order valence-electron chi connectivity index (χ1n) is 9.41. The van der Waals surface area contributed by atoms with Crippen LogP contribution < -0.4 is 5.32 Å². The van der Waals surface area contributed by atoms with Crippen LogP contribution in [0.1, 0.15) is 38.1 Å². The zero-order chi connectivity index (χ0) is 18.1. The number of likely N-dealkylation sites (tertiary alicyclic amines) is 1. The Hall–Kier alpha value is -1.61. The van der Waals surface area contributed by atoms with Crippen molar-refractivity contribution in [1.29, 1.82) is 0 Å². The molecule has 26 heavy (non-hydrogen) atoms. The SMILES string of the molecule is O=C(Nc1ccnn1C1CCS(=O)(=O)C1)N1CCC(OCC2CC2)CC1. The highest BCUT2D eigenvalue weighted by molar-refractivity contribution is 7.91. The minimum atomic E-state index is -3.00. The Labute approximate surface area is 153 Å². The maximum atomic E-state index is 12.6. The van der Waals surface area contributed by atoms with Gasteiger partial charge in [0.2, 0.25) is 0 Å². The number of carbonyl (C=O) groups excluding carboxylic acids is 1. The molecule has 1 aromatic heterocycles. The summed E-state index contributed by atoms with van der Waals surface area (Å²) in [6.07, 6.45) is 6.69. The van der Waals surface area contributed by atoms with Crippen LogP contribution in [0.4, 0.5) is 10.6 Å². The topological polar surface area (TPSA) is 93.5 Å². The number of carbonyl (C=O) groups is 1. The van der Waals surface area contributed by atoms with E-state index in [-0.39, 0.29) is 29.7 Å². The van der Waals surface area contributed by atoms with E-state index in [2.05, 4.69) is 10.4 Å². The fourth-order valence-electron chi connectivity index (χ4n) is 3.64. The number of rotatable bonds is 5. The average molecular weight is 382 g/mol. The van der Waals surface area contributed by atoms with Crippen molar-refractivity contribution in [3.05, 3.63) is 12.3 Å². The number of anilines is 1. The van der Waals surface area contributed by atoms with Crippen molar-refractivity contribution >= 4 is 21.7 Å². The number of sulfone groups is 1. The Morgan fingerprint density at radius 3 is 2.65 bits per heavy atom. The molecule has 0 spiro atoms. The van der Waals surface area contributed by atoms with E-state index in [1.165, 1.54) is 12.8 Å². The molecule has 2 saturated heterocycles. The maximum absolute atomic E-state index is 12.6. The van der Waals surface area contributed by atoms with Crippen molar-refractivity contribution < 1.29 is 17.9 Å². The van der Waals surface area contributed by atoms with Crippen LogP contribution in [0.15, 0.2) is 12.3 Å². The number of amides is 2. The smallest absolute Gasteiger partial charge is 0.323 e. The second-order valence-electron chi connectivity index (χ2n) is 7.61. The lowest BCUT2D eigenvalue weighted by Crippen LogP contribution is -2.43. The highest BCUT2D eigenvalue weighted by Gasteiger charge is 2.32. The summed E-state index contributed by atoms with van der Waals surface area (Å²) in [4.78, 5) is 14.3. The molecule has 2 aliphatic heterocycles. The monoisotopic (exact) mass is 382 g/mol. The minimum Gasteiger partial charge on any atom is -0.378 e. The van der Waals surface area contributed by atoms with Gasteiger partial charge in [-0.1, -0.05) is 0 Å². The van der Waals surface area contributed by atoms with Crippen LogP contribution in [-0.2, 0) is 14.6 Å². The lowest BCUT2D eigenvalue weighted by molar-refractivity contribution is 0.0104. The van der Waals surface area contributed by atoms with Gasteiger partial charge in [-0.25, -0.2) is 17.9 Å². The Kier molecular flexibility index (Phi) is 4.92. The highest BCUT2D eigenvalue weighted by Crippen LogP contribution is 2.30. The molecule has 1 atom stereocenters. The number of nitrogens with zero attached hydrogens (tertiary/aromatic N) is 3. The van der Waals surface area contributed by atoms with Crippen LogP contribution in [0.2, 0.25) is 0 Å². The van der Waals surface area contributed by atoms with Gasteiger partial charge >= 0.3 is 6.03 Å². The van der Waals surface area contributed by atoms with Gasteiger partial charge in [0.15, 0.2) is 9.84 Å². The summed E-state index contributed by atoms with van der Waals surface area (Å²) in [5.41, 5.74) is 0. The van der Waals surface area contributed by atoms with Gasteiger partial charge in [0, 0.05) is 25.8 Å². The van der Waals surface area contributed by atoms with Gasteiger partial charge in [-0.3, -0.25) is 5.32 Å². The lowest BCUT2D eigenvalue weighted by atomic mass is 10.1. The largest absolute Gasteiger partial charge is 0.378 e. The van der Waals surface area contributed by atoms with Crippen LogP contribution >= 0.6 is 0 Å². The number of nitrogens with one attached hydrogen (secondary N) is 1. The summed E-state index contributed by atoms with van der Waals surface area (Å²) in [5.74, 6) is 1.58. The predicted octanol–water partition coefficient (Wildman–Crippen LogP) is 1.67. The van der Waals surface area contributed by atoms with E-state index >= 15 is 0 Å². The maximum Gasteiger partial charge on any atom is 0.323 e. The van der Waals surface area contributed by atoms with E-state index in [4.69, 9.17) is 4.74 Å². The molecule has 9 heteroatoms. The average Bonchev–Trinajstić information content (AvgIpc) is 3.23. The normalized spacial score (nSPS) is 26.2. The fourth-order valence-corrected chi connectivity index (χ4v) is 5.34. The van der Waals surface area contributed by atoms with Crippen molar-refractivity contribution in [2.75, 3.05) is 36.5 Å².